The quantitative estimate of drug-likeness (QED) is 0.551. The minimum atomic E-state index is -5.08. The molecule has 8 nitrogen and oxygen atoms in total. The van der Waals surface area contributed by atoms with E-state index in [-0.39, 0.29) is 12.0 Å². The molecule has 3 N–H and O–H groups in total. The zero-order valence-corrected chi connectivity index (χ0v) is 16.0. The Morgan fingerprint density at radius 3 is 2.20 bits per heavy atom. The normalized spacial score (nSPS) is 14.5. The van der Waals surface area contributed by atoms with Crippen molar-refractivity contribution >= 4 is 38.9 Å². The van der Waals surface area contributed by atoms with Crippen molar-refractivity contribution in [3.63, 3.8) is 0 Å². The van der Waals surface area contributed by atoms with Crippen molar-refractivity contribution in [1.29, 1.82) is 0 Å². The number of rotatable bonds is 5. The fourth-order valence-corrected chi connectivity index (χ4v) is 3.53. The Morgan fingerprint density at radius 1 is 1.10 bits per heavy atom. The van der Waals surface area contributed by atoms with Gasteiger partial charge >= 0.3 is 18.1 Å². The number of carboxylic acids is 2. The Labute approximate surface area is 171 Å². The number of alkyl halides is 3. The minimum absolute atomic E-state index is 0.0515. The van der Waals surface area contributed by atoms with Crippen molar-refractivity contribution in [2.24, 2.45) is 0 Å². The summed E-state index contributed by atoms with van der Waals surface area (Å²) in [6.45, 7) is 0. The average molecular weight is 440 g/mol. The summed E-state index contributed by atoms with van der Waals surface area (Å²) in [5.41, 5.74) is 2.53. The molecule has 158 valence electrons. The Bertz CT molecular complexity index is 1030. The number of nitrogens with zero attached hydrogens (tertiary/aromatic N) is 3. The summed E-state index contributed by atoms with van der Waals surface area (Å²) in [6, 6.07) is 7.77. The van der Waals surface area contributed by atoms with Crippen LogP contribution >= 0.6 is 11.3 Å². The fraction of sp³-hybridized carbons (Fsp3) is 0.278. The first kappa shape index (κ1) is 21.4. The van der Waals surface area contributed by atoms with Crippen LogP contribution < -0.4 is 5.32 Å². The number of carbonyl (C=O) groups is 2. The summed E-state index contributed by atoms with van der Waals surface area (Å²) in [6.07, 6.45) is 0.332. The highest BCUT2D eigenvalue weighted by Gasteiger charge is 2.45. The molecule has 0 atom stereocenters. The van der Waals surface area contributed by atoms with E-state index in [0.717, 1.165) is 33.9 Å². The lowest BCUT2D eigenvalue weighted by Gasteiger charge is -2.17. The van der Waals surface area contributed by atoms with Crippen LogP contribution in [0.15, 0.2) is 36.7 Å². The van der Waals surface area contributed by atoms with Crippen LogP contribution in [0.4, 0.5) is 18.3 Å². The maximum absolute atomic E-state index is 10.8. The van der Waals surface area contributed by atoms with Gasteiger partial charge in [-0.15, -0.1) is 0 Å². The predicted molar refractivity (Wildman–Crippen MR) is 101 cm³/mol. The summed E-state index contributed by atoms with van der Waals surface area (Å²) in [5.74, 6) is -3.57. The highest BCUT2D eigenvalue weighted by Crippen LogP contribution is 2.48. The molecule has 1 aromatic carbocycles. The predicted octanol–water partition coefficient (Wildman–Crippen LogP) is 3.45. The largest absolute Gasteiger partial charge is 0.490 e. The molecule has 2 aromatic heterocycles. The third-order valence-electron chi connectivity index (χ3n) is 4.25. The van der Waals surface area contributed by atoms with Crippen molar-refractivity contribution in [3.8, 4) is 0 Å². The Balaban J connectivity index is 0.000000318. The van der Waals surface area contributed by atoms with Crippen molar-refractivity contribution in [1.82, 2.24) is 15.0 Å². The molecule has 2 heterocycles. The van der Waals surface area contributed by atoms with Crippen molar-refractivity contribution in [2.45, 2.75) is 31.0 Å². The van der Waals surface area contributed by atoms with Crippen LogP contribution in [0.2, 0.25) is 0 Å². The molecular weight excluding hydrogens is 425 g/mol. The summed E-state index contributed by atoms with van der Waals surface area (Å²) >= 11 is 1.50. The van der Waals surface area contributed by atoms with E-state index in [2.05, 4.69) is 20.3 Å². The van der Waals surface area contributed by atoms with Gasteiger partial charge in [0, 0.05) is 12.4 Å². The third-order valence-corrected chi connectivity index (χ3v) is 5.12. The molecule has 1 aliphatic carbocycles. The SMILES string of the molecule is O=C(O)C(F)(F)F.O=C(O)Cc1ccc(C2(Nc3nc4nccnc4s3)CC2)cc1. The van der Waals surface area contributed by atoms with E-state index in [4.69, 9.17) is 15.0 Å². The molecule has 0 amide bonds. The zero-order chi connectivity index (χ0) is 21.9. The summed E-state index contributed by atoms with van der Waals surface area (Å²) < 4.78 is 31.7. The number of fused-ring (bicyclic) bond motifs is 1. The van der Waals surface area contributed by atoms with Crippen LogP contribution in [-0.4, -0.2) is 43.3 Å². The van der Waals surface area contributed by atoms with Crippen LogP contribution in [0.25, 0.3) is 10.5 Å². The van der Waals surface area contributed by atoms with Crippen LogP contribution in [0.1, 0.15) is 24.0 Å². The molecule has 0 aliphatic heterocycles. The Morgan fingerprint density at radius 2 is 1.70 bits per heavy atom. The molecule has 4 rings (SSSR count). The molecule has 0 saturated heterocycles. The Kier molecular flexibility index (Phi) is 5.87. The standard InChI is InChI=1S/C16H14N4O2S.C2HF3O2/c21-12(22)9-10-1-3-11(4-2-10)16(5-6-16)20-15-19-13-14(23-15)18-8-7-17-13;3-2(4,5)1(6)7/h1-4,7-8H,5-6,9H2,(H,21,22)(H,17,19,20);(H,6,7). The fourth-order valence-electron chi connectivity index (χ4n) is 2.66. The number of anilines is 1. The number of hydrogen-bond donors (Lipinski definition) is 3. The van der Waals surface area contributed by atoms with Crippen molar-refractivity contribution in [2.75, 3.05) is 5.32 Å². The van der Waals surface area contributed by atoms with Crippen LogP contribution in [-0.2, 0) is 21.5 Å². The van der Waals surface area contributed by atoms with Gasteiger partial charge in [0.05, 0.1) is 12.0 Å². The van der Waals surface area contributed by atoms with Gasteiger partial charge in [0.2, 0.25) is 0 Å². The van der Waals surface area contributed by atoms with E-state index in [9.17, 15) is 18.0 Å². The molecule has 30 heavy (non-hydrogen) atoms. The molecule has 12 heteroatoms. The highest BCUT2D eigenvalue weighted by molar-refractivity contribution is 7.21. The second kappa shape index (κ2) is 8.22. The molecule has 0 bridgehead atoms. The molecule has 1 fully saturated rings. The Hall–Kier alpha value is -3.28. The lowest BCUT2D eigenvalue weighted by molar-refractivity contribution is -0.192. The van der Waals surface area contributed by atoms with E-state index in [1.165, 1.54) is 11.3 Å². The number of hydrogen-bond acceptors (Lipinski definition) is 7. The summed E-state index contributed by atoms with van der Waals surface area (Å²) in [5, 5.41) is 20.3. The topological polar surface area (TPSA) is 125 Å². The van der Waals surface area contributed by atoms with Crippen molar-refractivity contribution in [3.05, 3.63) is 47.8 Å². The molecule has 0 unspecified atom stereocenters. The van der Waals surface area contributed by atoms with E-state index < -0.39 is 18.1 Å². The summed E-state index contributed by atoms with van der Waals surface area (Å²) in [4.78, 5) is 33.4. The molecule has 1 saturated carbocycles. The molecule has 1 aliphatic rings. The van der Waals surface area contributed by atoms with Gasteiger partial charge in [-0.05, 0) is 24.0 Å². The second-order valence-corrected chi connectivity index (χ2v) is 7.46. The zero-order valence-electron chi connectivity index (χ0n) is 15.2. The van der Waals surface area contributed by atoms with Crippen molar-refractivity contribution < 1.29 is 33.0 Å². The van der Waals surface area contributed by atoms with Gasteiger partial charge in [-0.3, -0.25) is 4.79 Å². The van der Waals surface area contributed by atoms with E-state index in [0.29, 0.717) is 5.65 Å². The average Bonchev–Trinajstić information content (AvgIpc) is 3.32. The maximum atomic E-state index is 10.8. The van der Waals surface area contributed by atoms with Gasteiger partial charge < -0.3 is 15.5 Å². The van der Waals surface area contributed by atoms with Crippen LogP contribution in [0.3, 0.4) is 0 Å². The van der Waals surface area contributed by atoms with E-state index in [1.807, 2.05) is 24.3 Å². The number of carboxylic acid groups (broad SMARTS) is 2. The maximum Gasteiger partial charge on any atom is 0.490 e. The van der Waals surface area contributed by atoms with Crippen LogP contribution in [0.5, 0.6) is 0 Å². The van der Waals surface area contributed by atoms with Gasteiger partial charge in [0.25, 0.3) is 0 Å². The van der Waals surface area contributed by atoms with E-state index >= 15 is 0 Å². The van der Waals surface area contributed by atoms with Gasteiger partial charge in [0.1, 0.15) is 0 Å². The number of thiazole rings is 1. The lowest BCUT2D eigenvalue weighted by atomic mass is 10.0. The number of nitrogens with one attached hydrogen (secondary N) is 1. The lowest BCUT2D eigenvalue weighted by Crippen LogP contribution is -2.21. The smallest absolute Gasteiger partial charge is 0.481 e. The first-order chi connectivity index (χ1) is 14.1. The molecule has 0 spiro atoms. The van der Waals surface area contributed by atoms with Crippen LogP contribution in [0, 0.1) is 0 Å². The number of aromatic nitrogens is 3. The van der Waals surface area contributed by atoms with Gasteiger partial charge in [-0.2, -0.15) is 18.2 Å². The van der Waals surface area contributed by atoms with E-state index in [1.54, 1.807) is 12.4 Å². The first-order valence-corrected chi connectivity index (χ1v) is 9.38. The number of benzene rings is 1. The second-order valence-electron chi connectivity index (χ2n) is 6.48. The molecule has 3 aromatic rings. The molecule has 0 radical (unpaired) electrons. The highest BCUT2D eigenvalue weighted by atomic mass is 32.1. The summed E-state index contributed by atoms with van der Waals surface area (Å²) in [7, 11) is 0. The third kappa shape index (κ3) is 5.20. The van der Waals surface area contributed by atoms with Gasteiger partial charge in [0.15, 0.2) is 15.6 Å². The molecular formula is C18H15F3N4O4S. The minimum Gasteiger partial charge on any atom is -0.481 e. The number of aliphatic carboxylic acids is 2. The number of halogens is 3. The monoisotopic (exact) mass is 440 g/mol. The van der Waals surface area contributed by atoms with Gasteiger partial charge in [-0.1, -0.05) is 35.6 Å². The van der Waals surface area contributed by atoms with Gasteiger partial charge in [-0.25, -0.2) is 14.8 Å². The first-order valence-electron chi connectivity index (χ1n) is 8.56.